The van der Waals surface area contributed by atoms with Gasteiger partial charge in [0.2, 0.25) is 5.91 Å². The fourth-order valence-electron chi connectivity index (χ4n) is 2.34. The molecule has 1 saturated heterocycles. The molecule has 0 saturated carbocycles. The van der Waals surface area contributed by atoms with Crippen molar-refractivity contribution < 1.29 is 4.79 Å². The molecule has 0 radical (unpaired) electrons. The van der Waals surface area contributed by atoms with Crippen molar-refractivity contribution >= 4 is 11.6 Å². The van der Waals surface area contributed by atoms with Gasteiger partial charge in [-0.05, 0) is 19.2 Å². The Labute approximate surface area is 120 Å². The highest BCUT2D eigenvalue weighted by molar-refractivity contribution is 5.82. The molecule has 0 spiro atoms. The van der Waals surface area contributed by atoms with Gasteiger partial charge in [-0.2, -0.15) is 5.26 Å². The summed E-state index contributed by atoms with van der Waals surface area (Å²) in [5.41, 5.74) is 1.40. The number of benzene rings is 1. The van der Waals surface area contributed by atoms with Crippen LogP contribution in [0.3, 0.4) is 0 Å². The van der Waals surface area contributed by atoms with E-state index in [1.165, 1.54) is 0 Å². The summed E-state index contributed by atoms with van der Waals surface area (Å²) in [4.78, 5) is 18.2. The number of carbonyl (C=O) groups is 1. The van der Waals surface area contributed by atoms with Crippen molar-refractivity contribution in [3.8, 4) is 6.07 Å². The van der Waals surface area contributed by atoms with Crippen molar-refractivity contribution in [3.05, 3.63) is 29.8 Å². The third kappa shape index (κ3) is 3.28. The SMILES string of the molecule is CN1CCN(C(=O)CN(C)c2ccccc2C#N)CC1. The molecule has 20 heavy (non-hydrogen) atoms. The number of para-hydroxylation sites is 1. The highest BCUT2D eigenvalue weighted by atomic mass is 16.2. The van der Waals surface area contributed by atoms with E-state index in [1.54, 1.807) is 6.07 Å². The van der Waals surface area contributed by atoms with E-state index in [0.717, 1.165) is 31.9 Å². The van der Waals surface area contributed by atoms with Crippen molar-refractivity contribution in [2.45, 2.75) is 0 Å². The molecule has 1 aliphatic rings. The predicted octanol–water partition coefficient (Wildman–Crippen LogP) is 0.768. The van der Waals surface area contributed by atoms with Crippen LogP contribution in [0.2, 0.25) is 0 Å². The third-order valence-corrected chi connectivity index (χ3v) is 3.66. The largest absolute Gasteiger partial charge is 0.364 e. The molecule has 0 bridgehead atoms. The topological polar surface area (TPSA) is 50.6 Å². The van der Waals surface area contributed by atoms with Crippen molar-refractivity contribution in [3.63, 3.8) is 0 Å². The lowest BCUT2D eigenvalue weighted by molar-refractivity contribution is -0.131. The summed E-state index contributed by atoms with van der Waals surface area (Å²) in [6.45, 7) is 3.71. The Bertz CT molecular complexity index is 515. The molecule has 0 aliphatic carbocycles. The van der Waals surface area contributed by atoms with Crippen molar-refractivity contribution in [1.29, 1.82) is 5.26 Å². The molecule has 0 atom stereocenters. The summed E-state index contributed by atoms with van der Waals surface area (Å²) in [6, 6.07) is 9.52. The monoisotopic (exact) mass is 272 g/mol. The molecule has 5 nitrogen and oxygen atoms in total. The van der Waals surface area contributed by atoms with Crippen LogP contribution in [0, 0.1) is 11.3 Å². The number of nitrogens with zero attached hydrogens (tertiary/aromatic N) is 4. The van der Waals surface area contributed by atoms with Gasteiger partial charge in [0.25, 0.3) is 0 Å². The Balaban J connectivity index is 1.99. The fourth-order valence-corrected chi connectivity index (χ4v) is 2.34. The van der Waals surface area contributed by atoms with Gasteiger partial charge in [0, 0.05) is 33.2 Å². The molecule has 0 N–H and O–H groups in total. The van der Waals surface area contributed by atoms with E-state index >= 15 is 0 Å². The van der Waals surface area contributed by atoms with Crippen LogP contribution < -0.4 is 4.90 Å². The fraction of sp³-hybridized carbons (Fsp3) is 0.467. The molecule has 1 heterocycles. The maximum atomic E-state index is 12.3. The number of hydrogen-bond donors (Lipinski definition) is 0. The normalized spacial score (nSPS) is 15.8. The van der Waals surface area contributed by atoms with Crippen molar-refractivity contribution in [2.24, 2.45) is 0 Å². The lowest BCUT2D eigenvalue weighted by Gasteiger charge is -2.33. The lowest BCUT2D eigenvalue weighted by Crippen LogP contribution is -2.49. The smallest absolute Gasteiger partial charge is 0.242 e. The van der Waals surface area contributed by atoms with Crippen LogP contribution in [0.4, 0.5) is 5.69 Å². The Morgan fingerprint density at radius 1 is 1.30 bits per heavy atom. The van der Waals surface area contributed by atoms with E-state index in [-0.39, 0.29) is 5.91 Å². The molecule has 5 heteroatoms. The molecular formula is C15H20N4O. The first kappa shape index (κ1) is 14.4. The third-order valence-electron chi connectivity index (χ3n) is 3.66. The van der Waals surface area contributed by atoms with Crippen LogP contribution in [0.5, 0.6) is 0 Å². The Hall–Kier alpha value is -2.06. The zero-order valence-electron chi connectivity index (χ0n) is 12.0. The Morgan fingerprint density at radius 3 is 2.60 bits per heavy atom. The van der Waals surface area contributed by atoms with E-state index in [1.807, 2.05) is 35.0 Å². The first-order valence-electron chi connectivity index (χ1n) is 6.78. The predicted molar refractivity (Wildman–Crippen MR) is 78.5 cm³/mol. The molecule has 1 amide bonds. The van der Waals surface area contributed by atoms with Crippen LogP contribution in [-0.4, -0.2) is 62.5 Å². The molecule has 1 aromatic carbocycles. The van der Waals surface area contributed by atoms with E-state index in [2.05, 4.69) is 18.0 Å². The number of likely N-dealkylation sites (N-methyl/N-ethyl adjacent to an activating group) is 2. The maximum absolute atomic E-state index is 12.3. The molecule has 1 fully saturated rings. The lowest BCUT2D eigenvalue weighted by atomic mass is 10.2. The van der Waals surface area contributed by atoms with Crippen LogP contribution >= 0.6 is 0 Å². The second kappa shape index (κ2) is 6.40. The van der Waals surface area contributed by atoms with Crippen molar-refractivity contribution in [2.75, 3.05) is 51.7 Å². The standard InChI is InChI=1S/C15H20N4O/c1-17-7-9-19(10-8-17)15(20)12-18(2)14-6-4-3-5-13(14)11-16/h3-6H,7-10,12H2,1-2H3. The number of amides is 1. The van der Waals surface area contributed by atoms with Crippen LogP contribution in [0.15, 0.2) is 24.3 Å². The highest BCUT2D eigenvalue weighted by Gasteiger charge is 2.20. The second-order valence-electron chi connectivity index (χ2n) is 5.17. The van der Waals surface area contributed by atoms with Gasteiger partial charge in [0.1, 0.15) is 6.07 Å². The first-order valence-corrected chi connectivity index (χ1v) is 6.78. The number of piperazine rings is 1. The van der Waals surface area contributed by atoms with Crippen molar-refractivity contribution in [1.82, 2.24) is 9.80 Å². The molecule has 1 aliphatic heterocycles. The molecule has 0 aromatic heterocycles. The number of nitriles is 1. The summed E-state index contributed by atoms with van der Waals surface area (Å²) < 4.78 is 0. The minimum Gasteiger partial charge on any atom is -0.364 e. The maximum Gasteiger partial charge on any atom is 0.242 e. The number of anilines is 1. The zero-order valence-corrected chi connectivity index (χ0v) is 12.0. The molecule has 0 unspecified atom stereocenters. The van der Waals surface area contributed by atoms with E-state index in [0.29, 0.717) is 12.1 Å². The van der Waals surface area contributed by atoms with Gasteiger partial charge in [0.05, 0.1) is 17.8 Å². The Morgan fingerprint density at radius 2 is 1.95 bits per heavy atom. The average molecular weight is 272 g/mol. The second-order valence-corrected chi connectivity index (χ2v) is 5.17. The minimum atomic E-state index is 0.119. The first-order chi connectivity index (χ1) is 9.61. The van der Waals surface area contributed by atoms with Gasteiger partial charge in [-0.15, -0.1) is 0 Å². The highest BCUT2D eigenvalue weighted by Crippen LogP contribution is 2.18. The molecule has 2 rings (SSSR count). The van der Waals surface area contributed by atoms with Gasteiger partial charge in [0.15, 0.2) is 0 Å². The van der Waals surface area contributed by atoms with E-state index in [4.69, 9.17) is 5.26 Å². The molecule has 1 aromatic rings. The van der Waals surface area contributed by atoms with Gasteiger partial charge in [-0.1, -0.05) is 12.1 Å². The number of carbonyl (C=O) groups excluding carboxylic acids is 1. The summed E-state index contributed by atoms with van der Waals surface area (Å²) in [5.74, 6) is 0.119. The van der Waals surface area contributed by atoms with Gasteiger partial charge < -0.3 is 14.7 Å². The number of hydrogen-bond acceptors (Lipinski definition) is 4. The van der Waals surface area contributed by atoms with Gasteiger partial charge in [-0.25, -0.2) is 0 Å². The quantitative estimate of drug-likeness (QED) is 0.815. The Kier molecular flexibility index (Phi) is 4.59. The summed E-state index contributed by atoms with van der Waals surface area (Å²) in [7, 11) is 3.92. The van der Waals surface area contributed by atoms with Gasteiger partial charge in [-0.3, -0.25) is 4.79 Å². The van der Waals surface area contributed by atoms with Crippen LogP contribution in [0.1, 0.15) is 5.56 Å². The van der Waals surface area contributed by atoms with E-state index < -0.39 is 0 Å². The molecule has 106 valence electrons. The average Bonchev–Trinajstić information content (AvgIpc) is 2.47. The summed E-state index contributed by atoms with van der Waals surface area (Å²) in [5, 5.41) is 9.10. The minimum absolute atomic E-state index is 0.119. The van der Waals surface area contributed by atoms with Crippen LogP contribution in [0.25, 0.3) is 0 Å². The summed E-state index contributed by atoms with van der Waals surface area (Å²) >= 11 is 0. The van der Waals surface area contributed by atoms with Crippen LogP contribution in [-0.2, 0) is 4.79 Å². The van der Waals surface area contributed by atoms with E-state index in [9.17, 15) is 4.79 Å². The number of rotatable bonds is 3. The van der Waals surface area contributed by atoms with Gasteiger partial charge >= 0.3 is 0 Å². The summed E-state index contributed by atoms with van der Waals surface area (Å²) in [6.07, 6.45) is 0. The zero-order chi connectivity index (χ0) is 14.5. The molecular weight excluding hydrogens is 252 g/mol.